The molecule has 1 heterocycles. The number of aryl methyl sites for hydroxylation is 1. The molecule has 1 aromatic carbocycles. The third-order valence-electron chi connectivity index (χ3n) is 3.38. The quantitative estimate of drug-likeness (QED) is 0.468. The van der Waals surface area contributed by atoms with Crippen LogP contribution >= 0.6 is 31.9 Å². The molecule has 0 fully saturated rings. The van der Waals surface area contributed by atoms with Gasteiger partial charge < -0.3 is 9.47 Å². The van der Waals surface area contributed by atoms with E-state index < -0.39 is 5.91 Å². The van der Waals surface area contributed by atoms with Crippen molar-refractivity contribution >= 4 is 44.0 Å². The van der Waals surface area contributed by atoms with Gasteiger partial charge in [0, 0.05) is 21.6 Å². The number of carbonyl (C=O) groups is 1. The molecule has 0 spiro atoms. The number of nitriles is 1. The number of carbonyl (C=O) groups excluding carboxylic acids is 1. The largest absolute Gasteiger partial charge is 0.467 e. The van der Waals surface area contributed by atoms with E-state index in [-0.39, 0.29) is 24.7 Å². The normalized spacial score (nSPS) is 10.6. The topological polar surface area (TPSA) is 96.6 Å². The Kier molecular flexibility index (Phi) is 7.91. The van der Waals surface area contributed by atoms with Gasteiger partial charge in [0.25, 0.3) is 5.91 Å². The van der Waals surface area contributed by atoms with Crippen LogP contribution in [0.4, 0.5) is 0 Å². The van der Waals surface area contributed by atoms with Gasteiger partial charge in [0.2, 0.25) is 5.88 Å². The smallest absolute Gasteiger partial charge is 0.278 e. The number of benzene rings is 1. The average molecular weight is 496 g/mol. The summed E-state index contributed by atoms with van der Waals surface area (Å²) in [5, 5.41) is 13.3. The van der Waals surface area contributed by atoms with Crippen molar-refractivity contribution in [2.75, 3.05) is 13.7 Å². The van der Waals surface area contributed by atoms with Crippen molar-refractivity contribution in [1.29, 1.82) is 5.26 Å². The molecule has 0 saturated heterocycles. The first-order valence-electron chi connectivity index (χ1n) is 7.74. The predicted molar refractivity (Wildman–Crippen MR) is 107 cm³/mol. The molecule has 1 amide bonds. The summed E-state index contributed by atoms with van der Waals surface area (Å²) in [6.07, 6.45) is 1.52. The number of pyridine rings is 1. The molecule has 0 aliphatic rings. The monoisotopic (exact) mass is 494 g/mol. The lowest BCUT2D eigenvalue weighted by Gasteiger charge is -2.13. The molecular formula is C18H16Br2N4O3. The maximum atomic E-state index is 11.9. The second-order valence-corrected chi connectivity index (χ2v) is 7.06. The van der Waals surface area contributed by atoms with Crippen LogP contribution in [0.2, 0.25) is 0 Å². The Morgan fingerprint density at radius 2 is 2.07 bits per heavy atom. The zero-order valence-corrected chi connectivity index (χ0v) is 17.8. The number of nitrogens with one attached hydrogen (secondary N) is 1. The van der Waals surface area contributed by atoms with Crippen LogP contribution in [0.3, 0.4) is 0 Å². The minimum Gasteiger partial charge on any atom is -0.467 e. The fourth-order valence-electron chi connectivity index (χ4n) is 2.11. The molecule has 0 aliphatic heterocycles. The van der Waals surface area contributed by atoms with Crippen LogP contribution in [-0.2, 0) is 16.1 Å². The molecule has 0 bridgehead atoms. The summed E-state index contributed by atoms with van der Waals surface area (Å²) < 4.78 is 12.2. The van der Waals surface area contributed by atoms with Crippen LogP contribution in [0.1, 0.15) is 22.4 Å². The Morgan fingerprint density at radius 1 is 1.37 bits per heavy atom. The van der Waals surface area contributed by atoms with Crippen molar-refractivity contribution in [3.63, 3.8) is 0 Å². The fraction of sp³-hybridized carbons (Fsp3) is 0.222. The molecule has 1 N–H and O–H groups in total. The Balaban J connectivity index is 2.02. The molecule has 140 valence electrons. The number of ether oxygens (including phenoxy) is 2. The van der Waals surface area contributed by atoms with Crippen molar-refractivity contribution in [2.45, 2.75) is 13.5 Å². The Labute approximate surface area is 173 Å². The fourth-order valence-corrected chi connectivity index (χ4v) is 2.77. The lowest BCUT2D eigenvalue weighted by atomic mass is 10.1. The first-order chi connectivity index (χ1) is 13.0. The summed E-state index contributed by atoms with van der Waals surface area (Å²) in [5.41, 5.74) is 4.68. The third kappa shape index (κ3) is 5.85. The Morgan fingerprint density at radius 3 is 2.70 bits per heavy atom. The first kappa shape index (κ1) is 21.0. The van der Waals surface area contributed by atoms with E-state index in [1.807, 2.05) is 30.3 Å². The number of hydrogen-bond acceptors (Lipinski definition) is 6. The zero-order valence-electron chi connectivity index (χ0n) is 14.6. The first-order valence-corrected chi connectivity index (χ1v) is 9.33. The highest BCUT2D eigenvalue weighted by Gasteiger charge is 2.18. The number of halogens is 2. The van der Waals surface area contributed by atoms with Crippen LogP contribution in [0.25, 0.3) is 0 Å². The summed E-state index contributed by atoms with van der Waals surface area (Å²) in [4.78, 5) is 16.1. The van der Waals surface area contributed by atoms with Crippen LogP contribution in [0, 0.1) is 18.3 Å². The summed E-state index contributed by atoms with van der Waals surface area (Å²) in [7, 11) is 1.53. The van der Waals surface area contributed by atoms with Crippen molar-refractivity contribution in [2.24, 2.45) is 5.10 Å². The number of methoxy groups -OCH3 is 1. The van der Waals surface area contributed by atoms with Gasteiger partial charge >= 0.3 is 0 Å². The molecule has 2 rings (SSSR count). The number of hydrogen-bond donors (Lipinski definition) is 1. The lowest BCUT2D eigenvalue weighted by Crippen LogP contribution is -2.25. The maximum Gasteiger partial charge on any atom is 0.278 e. The summed E-state index contributed by atoms with van der Waals surface area (Å²) in [6, 6.07) is 9.48. The number of aromatic nitrogens is 1. The van der Waals surface area contributed by atoms with E-state index >= 15 is 0 Å². The van der Waals surface area contributed by atoms with Crippen molar-refractivity contribution < 1.29 is 14.3 Å². The van der Waals surface area contributed by atoms with Crippen molar-refractivity contribution in [3.8, 4) is 11.9 Å². The maximum absolute atomic E-state index is 11.9. The van der Waals surface area contributed by atoms with Crippen LogP contribution in [0.15, 0.2) is 38.3 Å². The van der Waals surface area contributed by atoms with Crippen LogP contribution < -0.4 is 10.2 Å². The summed E-state index contributed by atoms with van der Waals surface area (Å²) >= 11 is 6.74. The molecule has 0 unspecified atom stereocenters. The summed E-state index contributed by atoms with van der Waals surface area (Å²) in [6.45, 7) is 1.65. The number of amides is 1. The van der Waals surface area contributed by atoms with E-state index in [9.17, 15) is 10.1 Å². The Hall–Kier alpha value is -2.28. The molecule has 0 atom stereocenters. The van der Waals surface area contributed by atoms with Crippen LogP contribution in [-0.4, -0.2) is 30.8 Å². The van der Waals surface area contributed by atoms with Gasteiger partial charge in [0.05, 0.1) is 18.5 Å². The van der Waals surface area contributed by atoms with E-state index in [0.29, 0.717) is 15.7 Å². The molecule has 0 aliphatic carbocycles. The predicted octanol–water partition coefficient (Wildman–Crippen LogP) is 3.46. The zero-order chi connectivity index (χ0) is 19.8. The molecule has 2 aromatic rings. The van der Waals surface area contributed by atoms with Gasteiger partial charge in [-0.25, -0.2) is 10.4 Å². The highest BCUT2D eigenvalue weighted by molar-refractivity contribution is 9.10. The summed E-state index contributed by atoms with van der Waals surface area (Å²) in [5.74, 6) is -0.389. The third-order valence-corrected chi connectivity index (χ3v) is 4.96. The molecule has 0 radical (unpaired) electrons. The van der Waals surface area contributed by atoms with Gasteiger partial charge in [-0.05, 0) is 40.5 Å². The average Bonchev–Trinajstić information content (AvgIpc) is 2.65. The van der Waals surface area contributed by atoms with E-state index in [1.165, 1.54) is 13.3 Å². The minimum absolute atomic E-state index is 0.0808. The molecule has 0 saturated carbocycles. The molecule has 27 heavy (non-hydrogen) atoms. The van der Waals surface area contributed by atoms with Gasteiger partial charge in [-0.1, -0.05) is 28.1 Å². The van der Waals surface area contributed by atoms with Gasteiger partial charge in [-0.15, -0.1) is 0 Å². The highest BCUT2D eigenvalue weighted by Crippen LogP contribution is 2.29. The SMILES string of the molecule is COCc1c(Br)c(C)nc(OCC(=O)N/N=C\c2ccc(Br)cc2)c1C#N. The van der Waals surface area contributed by atoms with E-state index in [1.54, 1.807) is 6.92 Å². The van der Waals surface area contributed by atoms with E-state index in [0.717, 1.165) is 10.0 Å². The highest BCUT2D eigenvalue weighted by atomic mass is 79.9. The molecule has 7 nitrogen and oxygen atoms in total. The van der Waals surface area contributed by atoms with E-state index in [2.05, 4.69) is 47.4 Å². The van der Waals surface area contributed by atoms with Crippen LogP contribution in [0.5, 0.6) is 5.88 Å². The lowest BCUT2D eigenvalue weighted by molar-refractivity contribution is -0.123. The minimum atomic E-state index is -0.470. The van der Waals surface area contributed by atoms with Gasteiger partial charge in [-0.2, -0.15) is 10.4 Å². The number of nitrogens with zero attached hydrogens (tertiary/aromatic N) is 3. The number of hydrazone groups is 1. The molecule has 1 aromatic heterocycles. The molecular weight excluding hydrogens is 480 g/mol. The van der Waals surface area contributed by atoms with Gasteiger partial charge in [-0.3, -0.25) is 4.79 Å². The second-order valence-electron chi connectivity index (χ2n) is 5.35. The van der Waals surface area contributed by atoms with Gasteiger partial charge in [0.1, 0.15) is 11.6 Å². The van der Waals surface area contributed by atoms with Crippen molar-refractivity contribution in [3.05, 3.63) is 55.6 Å². The van der Waals surface area contributed by atoms with Crippen molar-refractivity contribution in [1.82, 2.24) is 10.4 Å². The second kappa shape index (κ2) is 10.2. The Bertz CT molecular complexity index is 893. The number of rotatable bonds is 7. The standard InChI is InChI=1S/C18H16Br2N4O3/c1-11-17(20)15(9-26-2)14(7-21)18(23-11)27-10-16(25)24-22-8-12-3-5-13(19)6-4-12/h3-6,8H,9-10H2,1-2H3,(H,24,25)/b22-8-. The van der Waals surface area contributed by atoms with Gasteiger partial charge in [0.15, 0.2) is 6.61 Å². The van der Waals surface area contributed by atoms with E-state index in [4.69, 9.17) is 9.47 Å². The molecule has 9 heteroatoms.